The first-order valence-electron chi connectivity index (χ1n) is 6.62. The number of ether oxygens (including phenoxy) is 1. The van der Waals surface area contributed by atoms with E-state index in [0.29, 0.717) is 18.7 Å². The molecule has 2 nitrogen and oxygen atoms in total. The molecule has 112 valence electrons. The molecule has 0 saturated carbocycles. The van der Waals surface area contributed by atoms with Gasteiger partial charge in [0, 0.05) is 19.0 Å². The van der Waals surface area contributed by atoms with E-state index in [2.05, 4.69) is 0 Å². The van der Waals surface area contributed by atoms with Crippen LogP contribution in [0.2, 0.25) is 0 Å². The number of anilines is 1. The van der Waals surface area contributed by atoms with E-state index in [1.54, 1.807) is 4.90 Å². The fourth-order valence-electron chi connectivity index (χ4n) is 2.94. The second-order valence-electron chi connectivity index (χ2n) is 6.52. The molecule has 0 atom stereocenters. The van der Waals surface area contributed by atoms with Gasteiger partial charge < -0.3 is 9.64 Å². The van der Waals surface area contributed by atoms with Gasteiger partial charge in [0.1, 0.15) is 17.3 Å². The highest BCUT2D eigenvalue weighted by molar-refractivity contribution is 6.17. The second kappa shape index (κ2) is 5.15. The fraction of sp³-hybridized carbons (Fsp3) is 0.600. The highest BCUT2D eigenvalue weighted by atomic mass is 35.5. The van der Waals surface area contributed by atoms with Crippen molar-refractivity contribution in [3.63, 3.8) is 0 Å². The average Bonchev–Trinajstić information content (AvgIpc) is 2.23. The third-order valence-corrected chi connectivity index (χ3v) is 3.55. The summed E-state index contributed by atoms with van der Waals surface area (Å²) in [5.74, 6) is -1.06. The largest absolute Gasteiger partial charge is 0.366 e. The Balaban J connectivity index is 2.41. The molecule has 0 aromatic heterocycles. The Morgan fingerprint density at radius 3 is 1.95 bits per heavy atom. The Morgan fingerprint density at radius 1 is 1.10 bits per heavy atom. The molecule has 1 aromatic carbocycles. The predicted octanol–water partition coefficient (Wildman–Crippen LogP) is 4.10. The lowest BCUT2D eigenvalue weighted by Crippen LogP contribution is -2.57. The van der Waals surface area contributed by atoms with Crippen LogP contribution >= 0.6 is 11.6 Å². The molecule has 0 amide bonds. The minimum absolute atomic E-state index is 0.00307. The van der Waals surface area contributed by atoms with Crippen LogP contribution in [0.15, 0.2) is 12.1 Å². The highest BCUT2D eigenvalue weighted by Crippen LogP contribution is 2.34. The van der Waals surface area contributed by atoms with Crippen molar-refractivity contribution in [2.75, 3.05) is 18.0 Å². The molecule has 1 aliphatic rings. The first kappa shape index (κ1) is 15.5. The quantitative estimate of drug-likeness (QED) is 0.763. The first-order valence-corrected chi connectivity index (χ1v) is 7.16. The van der Waals surface area contributed by atoms with Gasteiger partial charge in [-0.05, 0) is 45.4 Å². The highest BCUT2D eigenvalue weighted by Gasteiger charge is 2.39. The minimum Gasteiger partial charge on any atom is -0.366 e. The maximum Gasteiger partial charge on any atom is 0.149 e. The van der Waals surface area contributed by atoms with Crippen LogP contribution in [0.1, 0.15) is 33.3 Å². The van der Waals surface area contributed by atoms with E-state index in [0.717, 1.165) is 0 Å². The first-order chi connectivity index (χ1) is 9.13. The Kier molecular flexibility index (Phi) is 4.00. The second-order valence-corrected chi connectivity index (χ2v) is 6.79. The molecule has 0 aliphatic carbocycles. The van der Waals surface area contributed by atoms with Crippen molar-refractivity contribution >= 4 is 17.3 Å². The Bertz CT molecular complexity index is 478. The fourth-order valence-corrected chi connectivity index (χ4v) is 3.10. The maximum atomic E-state index is 14.2. The molecule has 0 unspecified atom stereocenters. The number of morpholine rings is 1. The molecule has 2 rings (SSSR count). The lowest BCUT2D eigenvalue weighted by molar-refractivity contribution is -0.133. The molecule has 1 saturated heterocycles. The Morgan fingerprint density at radius 2 is 1.55 bits per heavy atom. The van der Waals surface area contributed by atoms with Gasteiger partial charge in [0.05, 0.1) is 11.2 Å². The van der Waals surface area contributed by atoms with Gasteiger partial charge in [-0.15, -0.1) is 11.6 Å². The summed E-state index contributed by atoms with van der Waals surface area (Å²) >= 11 is 5.63. The summed E-state index contributed by atoms with van der Waals surface area (Å²) in [6.07, 6.45) is 0. The van der Waals surface area contributed by atoms with E-state index in [4.69, 9.17) is 16.3 Å². The van der Waals surface area contributed by atoms with Gasteiger partial charge >= 0.3 is 0 Å². The lowest BCUT2D eigenvalue weighted by atomic mass is 9.98. The van der Waals surface area contributed by atoms with Gasteiger partial charge in [0.15, 0.2) is 0 Å². The zero-order valence-electron chi connectivity index (χ0n) is 12.3. The van der Waals surface area contributed by atoms with E-state index < -0.39 is 22.8 Å². The van der Waals surface area contributed by atoms with Gasteiger partial charge in [0.25, 0.3) is 0 Å². The van der Waals surface area contributed by atoms with Crippen molar-refractivity contribution in [1.82, 2.24) is 0 Å². The van der Waals surface area contributed by atoms with Crippen LogP contribution in [0.5, 0.6) is 0 Å². The van der Waals surface area contributed by atoms with Crippen LogP contribution in [0.4, 0.5) is 14.5 Å². The van der Waals surface area contributed by atoms with Crippen molar-refractivity contribution in [1.29, 1.82) is 0 Å². The van der Waals surface area contributed by atoms with Crippen LogP contribution in [-0.2, 0) is 10.6 Å². The molecule has 1 aromatic rings. The molecule has 0 N–H and O–H groups in total. The summed E-state index contributed by atoms with van der Waals surface area (Å²) in [5, 5.41) is 0. The summed E-state index contributed by atoms with van der Waals surface area (Å²) in [4.78, 5) is 1.71. The van der Waals surface area contributed by atoms with Crippen LogP contribution in [0.3, 0.4) is 0 Å². The van der Waals surface area contributed by atoms with Gasteiger partial charge in [-0.2, -0.15) is 0 Å². The number of hydrogen-bond acceptors (Lipinski definition) is 2. The van der Waals surface area contributed by atoms with Gasteiger partial charge in [-0.3, -0.25) is 0 Å². The van der Waals surface area contributed by atoms with Crippen molar-refractivity contribution in [2.45, 2.75) is 44.8 Å². The van der Waals surface area contributed by atoms with E-state index >= 15 is 0 Å². The SMILES string of the molecule is CC1(C)CN(c2c(F)cc(CCl)cc2F)CC(C)(C)O1. The molecule has 1 heterocycles. The molecule has 0 radical (unpaired) electrons. The molecule has 20 heavy (non-hydrogen) atoms. The number of alkyl halides is 1. The van der Waals surface area contributed by atoms with Gasteiger partial charge in [0.2, 0.25) is 0 Å². The molecular formula is C15H20ClF2NO. The lowest BCUT2D eigenvalue weighted by Gasteiger charge is -2.48. The molecule has 0 spiro atoms. The van der Waals surface area contributed by atoms with Gasteiger partial charge in [-0.1, -0.05) is 0 Å². The predicted molar refractivity (Wildman–Crippen MR) is 77.4 cm³/mol. The number of hydrogen-bond donors (Lipinski definition) is 0. The molecular weight excluding hydrogens is 284 g/mol. The smallest absolute Gasteiger partial charge is 0.149 e. The number of benzene rings is 1. The van der Waals surface area contributed by atoms with Crippen molar-refractivity contribution < 1.29 is 13.5 Å². The topological polar surface area (TPSA) is 12.5 Å². The summed E-state index contributed by atoms with van der Waals surface area (Å²) in [5.41, 5.74) is -0.488. The van der Waals surface area contributed by atoms with Crippen LogP contribution in [0, 0.1) is 11.6 Å². The van der Waals surface area contributed by atoms with E-state index in [1.165, 1.54) is 12.1 Å². The zero-order chi connectivity index (χ0) is 15.1. The normalized spacial score (nSPS) is 21.1. The van der Waals surface area contributed by atoms with E-state index in [9.17, 15) is 8.78 Å². The maximum absolute atomic E-state index is 14.2. The Hall–Kier alpha value is -0.870. The minimum atomic E-state index is -0.575. The number of halogens is 3. The van der Waals surface area contributed by atoms with E-state index in [-0.39, 0.29) is 11.6 Å². The average molecular weight is 304 g/mol. The monoisotopic (exact) mass is 303 g/mol. The third-order valence-electron chi connectivity index (χ3n) is 3.24. The summed E-state index contributed by atoms with van der Waals surface area (Å²) in [6, 6.07) is 2.59. The van der Waals surface area contributed by atoms with Crippen molar-refractivity contribution in [3.8, 4) is 0 Å². The molecule has 1 fully saturated rings. The summed E-state index contributed by atoms with van der Waals surface area (Å²) < 4.78 is 34.3. The third kappa shape index (κ3) is 3.23. The number of rotatable bonds is 2. The summed E-state index contributed by atoms with van der Waals surface area (Å²) in [6.45, 7) is 8.55. The van der Waals surface area contributed by atoms with Crippen molar-refractivity contribution in [2.24, 2.45) is 0 Å². The van der Waals surface area contributed by atoms with Gasteiger partial charge in [-0.25, -0.2) is 8.78 Å². The molecule has 1 aliphatic heterocycles. The molecule has 5 heteroatoms. The summed E-state index contributed by atoms with van der Waals surface area (Å²) in [7, 11) is 0. The van der Waals surface area contributed by atoms with E-state index in [1.807, 2.05) is 27.7 Å². The zero-order valence-corrected chi connectivity index (χ0v) is 13.0. The molecule has 0 bridgehead atoms. The van der Waals surface area contributed by atoms with Crippen LogP contribution < -0.4 is 4.90 Å². The standard InChI is InChI=1S/C15H20ClF2NO/c1-14(2)8-19(9-15(3,4)20-14)13-11(17)5-10(7-16)6-12(13)18/h5-6H,7-9H2,1-4H3. The Labute approximate surface area is 123 Å². The van der Waals surface area contributed by atoms with Crippen LogP contribution in [0.25, 0.3) is 0 Å². The number of nitrogens with zero attached hydrogens (tertiary/aromatic N) is 1. The van der Waals surface area contributed by atoms with Crippen LogP contribution in [-0.4, -0.2) is 24.3 Å². The van der Waals surface area contributed by atoms with Crippen molar-refractivity contribution in [3.05, 3.63) is 29.3 Å².